The first-order chi connectivity index (χ1) is 13.6. The second-order valence-electron chi connectivity index (χ2n) is 6.97. The van der Waals surface area contributed by atoms with E-state index in [9.17, 15) is 14.4 Å². The molecule has 0 bridgehead atoms. The summed E-state index contributed by atoms with van der Waals surface area (Å²) in [4.78, 5) is 47.0. The van der Waals surface area contributed by atoms with Crippen molar-refractivity contribution in [2.75, 3.05) is 6.54 Å². The normalized spacial score (nSPS) is 17.2. The average Bonchev–Trinajstić information content (AvgIpc) is 3.14. The van der Waals surface area contributed by atoms with Crippen molar-refractivity contribution < 1.29 is 4.79 Å². The van der Waals surface area contributed by atoms with Crippen LogP contribution in [-0.4, -0.2) is 41.5 Å². The zero-order valence-corrected chi connectivity index (χ0v) is 15.7. The maximum atomic E-state index is 12.9. The van der Waals surface area contributed by atoms with Crippen molar-refractivity contribution in [2.24, 2.45) is 0 Å². The van der Waals surface area contributed by atoms with Crippen LogP contribution in [0.4, 0.5) is 0 Å². The van der Waals surface area contributed by atoms with E-state index in [4.69, 9.17) is 0 Å². The summed E-state index contributed by atoms with van der Waals surface area (Å²) in [6.07, 6.45) is 6.33. The molecule has 4 rings (SSSR count). The van der Waals surface area contributed by atoms with Gasteiger partial charge in [-0.2, -0.15) is 0 Å². The van der Waals surface area contributed by atoms with Crippen molar-refractivity contribution in [3.8, 4) is 0 Å². The number of aromatic amines is 1. The number of hydrogen-bond donors (Lipinski definition) is 1. The third kappa shape index (κ3) is 3.35. The highest BCUT2D eigenvalue weighted by molar-refractivity contribution is 5.76. The van der Waals surface area contributed by atoms with Crippen LogP contribution in [0.1, 0.15) is 43.6 Å². The van der Waals surface area contributed by atoms with E-state index in [2.05, 4.69) is 15.1 Å². The van der Waals surface area contributed by atoms with Crippen LogP contribution in [0.2, 0.25) is 0 Å². The van der Waals surface area contributed by atoms with Gasteiger partial charge in [-0.05, 0) is 31.7 Å². The number of aryl methyl sites for hydroxylation is 1. The fourth-order valence-corrected chi connectivity index (χ4v) is 3.71. The number of rotatable bonds is 4. The van der Waals surface area contributed by atoms with Gasteiger partial charge < -0.3 is 4.90 Å². The first-order valence-electron chi connectivity index (χ1n) is 9.49. The third-order valence-corrected chi connectivity index (χ3v) is 5.16. The van der Waals surface area contributed by atoms with E-state index in [0.717, 1.165) is 30.7 Å². The minimum atomic E-state index is -0.446. The Kier molecular flexibility index (Phi) is 4.81. The van der Waals surface area contributed by atoms with Crippen LogP contribution >= 0.6 is 0 Å². The van der Waals surface area contributed by atoms with Gasteiger partial charge in [0.25, 0.3) is 5.56 Å². The van der Waals surface area contributed by atoms with Crippen molar-refractivity contribution in [3.05, 3.63) is 62.8 Å². The number of carbonyl (C=O) groups is 1. The molecular formula is C19H22N6O3. The lowest BCUT2D eigenvalue weighted by Crippen LogP contribution is -2.42. The molecule has 0 aromatic carbocycles. The molecule has 1 atom stereocenters. The molecule has 9 heteroatoms. The first kappa shape index (κ1) is 18.1. The van der Waals surface area contributed by atoms with Crippen LogP contribution in [0.5, 0.6) is 0 Å². The quantitative estimate of drug-likeness (QED) is 0.722. The Bertz CT molecular complexity index is 1130. The minimum Gasteiger partial charge on any atom is -0.333 e. The van der Waals surface area contributed by atoms with E-state index >= 15 is 0 Å². The molecule has 0 spiro atoms. The predicted molar refractivity (Wildman–Crippen MR) is 102 cm³/mol. The Morgan fingerprint density at radius 3 is 2.93 bits per heavy atom. The maximum Gasteiger partial charge on any atom is 0.347 e. The number of H-pyrrole nitrogens is 1. The summed E-state index contributed by atoms with van der Waals surface area (Å²) in [5, 5.41) is 3.11. The highest BCUT2D eigenvalue weighted by Gasteiger charge is 2.29. The lowest BCUT2D eigenvalue weighted by Gasteiger charge is -2.35. The van der Waals surface area contributed by atoms with Crippen LogP contribution in [0.25, 0.3) is 5.65 Å². The largest absolute Gasteiger partial charge is 0.347 e. The van der Waals surface area contributed by atoms with Gasteiger partial charge in [0, 0.05) is 36.8 Å². The van der Waals surface area contributed by atoms with Gasteiger partial charge in [0.2, 0.25) is 5.91 Å². The number of carbonyl (C=O) groups excluding carboxylic acids is 1. The molecule has 1 N–H and O–H groups in total. The van der Waals surface area contributed by atoms with Gasteiger partial charge in [0.1, 0.15) is 6.54 Å². The van der Waals surface area contributed by atoms with E-state index < -0.39 is 5.69 Å². The first-order valence-corrected chi connectivity index (χ1v) is 9.49. The number of aromatic nitrogens is 5. The number of piperidine rings is 1. The number of amides is 1. The Labute approximate surface area is 160 Å². The molecule has 3 aromatic heterocycles. The van der Waals surface area contributed by atoms with E-state index in [0.29, 0.717) is 18.6 Å². The fourth-order valence-electron chi connectivity index (χ4n) is 3.71. The number of nitrogens with zero attached hydrogens (tertiary/aromatic N) is 5. The Balaban J connectivity index is 1.65. The Morgan fingerprint density at radius 1 is 1.29 bits per heavy atom. The molecule has 0 aliphatic carbocycles. The summed E-state index contributed by atoms with van der Waals surface area (Å²) in [5.41, 5.74) is 1.47. The van der Waals surface area contributed by atoms with Gasteiger partial charge in [-0.15, -0.1) is 0 Å². The van der Waals surface area contributed by atoms with Crippen molar-refractivity contribution >= 4 is 11.6 Å². The highest BCUT2D eigenvalue weighted by atomic mass is 16.2. The second kappa shape index (κ2) is 7.41. The molecule has 1 saturated heterocycles. The second-order valence-corrected chi connectivity index (χ2v) is 6.97. The molecule has 146 valence electrons. The molecule has 0 saturated carbocycles. The predicted octanol–water partition coefficient (Wildman–Crippen LogP) is 0.895. The van der Waals surface area contributed by atoms with Gasteiger partial charge in [-0.1, -0.05) is 6.92 Å². The van der Waals surface area contributed by atoms with Gasteiger partial charge >= 0.3 is 5.69 Å². The summed E-state index contributed by atoms with van der Waals surface area (Å²) >= 11 is 0. The Morgan fingerprint density at radius 2 is 2.14 bits per heavy atom. The number of fused-ring (bicyclic) bond motifs is 1. The molecule has 28 heavy (non-hydrogen) atoms. The van der Waals surface area contributed by atoms with Crippen LogP contribution in [0.3, 0.4) is 0 Å². The van der Waals surface area contributed by atoms with Crippen molar-refractivity contribution in [1.82, 2.24) is 29.0 Å². The molecule has 1 aliphatic rings. The monoisotopic (exact) mass is 382 g/mol. The minimum absolute atomic E-state index is 0.0540. The molecule has 9 nitrogen and oxygen atoms in total. The smallest absolute Gasteiger partial charge is 0.333 e. The van der Waals surface area contributed by atoms with Gasteiger partial charge in [0.15, 0.2) is 5.65 Å². The average molecular weight is 382 g/mol. The standard InChI is InChI=1S/C19H22N6O3/c1-2-13-10-17(26)25-16(21-13)11-14(22-25)15-6-3-4-9-24(15)18(27)12-23-8-5-7-20-19(23)28/h5,7-8,10-11,15,22H,2-4,6,9,12H2,1H3/t15-/m0/s1. The van der Waals surface area contributed by atoms with Gasteiger partial charge in [-0.25, -0.2) is 19.3 Å². The zero-order valence-electron chi connectivity index (χ0n) is 15.7. The lowest BCUT2D eigenvalue weighted by atomic mass is 9.99. The van der Waals surface area contributed by atoms with E-state index in [1.54, 1.807) is 17.2 Å². The van der Waals surface area contributed by atoms with E-state index in [-0.39, 0.29) is 24.1 Å². The lowest BCUT2D eigenvalue weighted by molar-refractivity contribution is -0.135. The SMILES string of the molecule is CCc1cc(=O)n2[nH]c([C@@H]3CCCCN3C(=O)Cn3cccnc3=O)cc2n1. The molecule has 1 fully saturated rings. The molecule has 4 heterocycles. The van der Waals surface area contributed by atoms with Crippen LogP contribution in [0, 0.1) is 0 Å². The summed E-state index contributed by atoms with van der Waals surface area (Å²) in [6, 6.07) is 4.81. The van der Waals surface area contributed by atoms with Gasteiger partial charge in [0.05, 0.1) is 11.7 Å². The summed E-state index contributed by atoms with van der Waals surface area (Å²) in [7, 11) is 0. The van der Waals surface area contributed by atoms with Crippen molar-refractivity contribution in [3.63, 3.8) is 0 Å². The van der Waals surface area contributed by atoms with Crippen LogP contribution in [-0.2, 0) is 17.8 Å². The highest BCUT2D eigenvalue weighted by Crippen LogP contribution is 2.30. The zero-order chi connectivity index (χ0) is 19.7. The van der Waals surface area contributed by atoms with E-state index in [1.807, 2.05) is 13.0 Å². The number of likely N-dealkylation sites (tertiary alicyclic amines) is 1. The number of hydrogen-bond acceptors (Lipinski definition) is 5. The molecule has 3 aromatic rings. The molecule has 1 aliphatic heterocycles. The van der Waals surface area contributed by atoms with Gasteiger partial charge in [-0.3, -0.25) is 19.3 Å². The molecular weight excluding hydrogens is 360 g/mol. The third-order valence-electron chi connectivity index (χ3n) is 5.16. The molecule has 0 radical (unpaired) electrons. The van der Waals surface area contributed by atoms with Crippen molar-refractivity contribution in [2.45, 2.75) is 45.2 Å². The van der Waals surface area contributed by atoms with Crippen LogP contribution < -0.4 is 11.2 Å². The van der Waals surface area contributed by atoms with Crippen molar-refractivity contribution in [1.29, 1.82) is 0 Å². The van der Waals surface area contributed by atoms with Crippen LogP contribution in [0.15, 0.2) is 40.2 Å². The summed E-state index contributed by atoms with van der Waals surface area (Å²) < 4.78 is 2.72. The summed E-state index contributed by atoms with van der Waals surface area (Å²) in [5.74, 6) is -0.145. The fraction of sp³-hybridized carbons (Fsp3) is 0.421. The molecule has 0 unspecified atom stereocenters. The molecule has 1 amide bonds. The summed E-state index contributed by atoms with van der Waals surface area (Å²) in [6.45, 7) is 2.51. The maximum absolute atomic E-state index is 12.9. The number of nitrogens with one attached hydrogen (secondary N) is 1. The Hall–Kier alpha value is -3.23. The topological polar surface area (TPSA) is 105 Å². The van der Waals surface area contributed by atoms with E-state index in [1.165, 1.54) is 21.3 Å².